The van der Waals surface area contributed by atoms with Gasteiger partial charge in [-0.15, -0.1) is 11.6 Å². The molecule has 5 rings (SSSR count). The average molecular weight is 477 g/mol. The maximum atomic E-state index is 13.7. The zero-order valence-electron chi connectivity index (χ0n) is 18.1. The molecular formula is C26H21ClN2O3S. The van der Waals surface area contributed by atoms with E-state index in [1.54, 1.807) is 49.7 Å². The molecule has 1 aliphatic rings. The molecule has 2 heterocycles. The Morgan fingerprint density at radius 1 is 0.970 bits per heavy atom. The van der Waals surface area contributed by atoms with Crippen molar-refractivity contribution in [2.24, 2.45) is 4.99 Å². The van der Waals surface area contributed by atoms with Gasteiger partial charge in [0.1, 0.15) is 5.75 Å². The van der Waals surface area contributed by atoms with Crippen molar-refractivity contribution in [1.82, 2.24) is 3.97 Å². The van der Waals surface area contributed by atoms with E-state index < -0.39 is 14.9 Å². The summed E-state index contributed by atoms with van der Waals surface area (Å²) in [7, 11) is -2.27. The molecule has 4 aromatic rings. The van der Waals surface area contributed by atoms with Crippen LogP contribution in [0.15, 0.2) is 95.0 Å². The fourth-order valence-corrected chi connectivity index (χ4v) is 5.69. The van der Waals surface area contributed by atoms with Crippen LogP contribution in [0.1, 0.15) is 6.92 Å². The zero-order valence-corrected chi connectivity index (χ0v) is 19.6. The molecule has 5 nitrogen and oxygen atoms in total. The summed E-state index contributed by atoms with van der Waals surface area (Å²) >= 11 is 6.66. The zero-order chi connectivity index (χ0) is 23.2. The summed E-state index contributed by atoms with van der Waals surface area (Å²) in [5.41, 5.74) is 2.82. The first-order chi connectivity index (χ1) is 15.8. The first-order valence-corrected chi connectivity index (χ1v) is 12.2. The van der Waals surface area contributed by atoms with Gasteiger partial charge in [-0.1, -0.05) is 36.4 Å². The summed E-state index contributed by atoms with van der Waals surface area (Å²) in [6.07, 6.45) is 5.16. The Morgan fingerprint density at radius 3 is 2.36 bits per heavy atom. The molecule has 0 fully saturated rings. The smallest absolute Gasteiger partial charge is 0.269 e. The van der Waals surface area contributed by atoms with E-state index in [9.17, 15) is 8.42 Å². The normalized spacial score (nSPS) is 17.7. The van der Waals surface area contributed by atoms with Crippen LogP contribution >= 0.6 is 11.6 Å². The van der Waals surface area contributed by atoms with Crippen molar-refractivity contribution in [3.05, 3.63) is 95.8 Å². The molecule has 0 spiro atoms. The molecule has 0 N–H and O–H groups in total. The molecule has 1 aliphatic heterocycles. The number of methoxy groups -OCH3 is 1. The molecule has 1 aromatic heterocycles. The lowest BCUT2D eigenvalue weighted by Gasteiger charge is -2.10. The van der Waals surface area contributed by atoms with Crippen LogP contribution in [0, 0.1) is 0 Å². The lowest BCUT2D eigenvalue weighted by Crippen LogP contribution is -2.34. The van der Waals surface area contributed by atoms with E-state index >= 15 is 0 Å². The first kappa shape index (κ1) is 21.5. The third-order valence-electron chi connectivity index (χ3n) is 5.67. The number of hydrogen-bond donors (Lipinski definition) is 0. The largest absolute Gasteiger partial charge is 0.497 e. The van der Waals surface area contributed by atoms with Crippen molar-refractivity contribution in [2.45, 2.75) is 16.7 Å². The highest BCUT2D eigenvalue weighted by molar-refractivity contribution is 7.90. The predicted octanol–water partition coefficient (Wildman–Crippen LogP) is 4.48. The molecule has 3 aromatic carbocycles. The van der Waals surface area contributed by atoms with E-state index in [4.69, 9.17) is 16.3 Å². The summed E-state index contributed by atoms with van der Waals surface area (Å²) in [5.74, 6) is 0.768. The van der Waals surface area contributed by atoms with Gasteiger partial charge < -0.3 is 4.74 Å². The van der Waals surface area contributed by atoms with Gasteiger partial charge in [0.05, 0.1) is 22.4 Å². The van der Waals surface area contributed by atoms with Crippen molar-refractivity contribution in [3.63, 3.8) is 0 Å². The Bertz CT molecular complexity index is 1620. The van der Waals surface area contributed by atoms with E-state index in [-0.39, 0.29) is 4.90 Å². The number of nitrogens with zero attached hydrogens (tertiary/aromatic N) is 2. The Labute approximate surface area is 197 Å². The third kappa shape index (κ3) is 3.75. The van der Waals surface area contributed by atoms with Gasteiger partial charge in [0.25, 0.3) is 10.0 Å². The van der Waals surface area contributed by atoms with Gasteiger partial charge >= 0.3 is 0 Å². The van der Waals surface area contributed by atoms with Crippen LogP contribution in [-0.2, 0) is 10.0 Å². The number of fused-ring (bicyclic) bond motifs is 3. The van der Waals surface area contributed by atoms with Gasteiger partial charge in [0, 0.05) is 16.8 Å². The second-order valence-corrected chi connectivity index (χ2v) is 10.6. The Kier molecular flexibility index (Phi) is 5.15. The van der Waals surface area contributed by atoms with E-state index in [1.165, 1.54) is 3.97 Å². The standard InChI is InChI=1S/C26H21ClN2O3S/c1-26(27)14-15-28-25-23(17-26)22-16-19(18-8-11-20(32-2)12-9-18)10-13-24(22)29(25)33(30,31)21-6-4-3-5-7-21/h3-17H,1-2H3. The highest BCUT2D eigenvalue weighted by Crippen LogP contribution is 2.27. The van der Waals surface area contributed by atoms with Crippen LogP contribution in [0.3, 0.4) is 0 Å². The minimum Gasteiger partial charge on any atom is -0.497 e. The fourth-order valence-electron chi connectivity index (χ4n) is 4.03. The van der Waals surface area contributed by atoms with Crippen LogP contribution < -0.4 is 15.4 Å². The van der Waals surface area contributed by atoms with E-state index in [0.29, 0.717) is 16.2 Å². The number of alkyl halides is 1. The molecule has 1 unspecified atom stereocenters. The molecule has 1 atom stereocenters. The van der Waals surface area contributed by atoms with Crippen LogP contribution in [0.4, 0.5) is 0 Å². The minimum atomic E-state index is -3.89. The van der Waals surface area contributed by atoms with E-state index in [0.717, 1.165) is 22.3 Å². The Morgan fingerprint density at radius 2 is 1.67 bits per heavy atom. The van der Waals surface area contributed by atoms with Crippen LogP contribution in [0.2, 0.25) is 0 Å². The molecule has 0 saturated heterocycles. The van der Waals surface area contributed by atoms with Crippen LogP contribution in [0.5, 0.6) is 5.75 Å². The number of rotatable bonds is 4. The predicted molar refractivity (Wildman–Crippen MR) is 132 cm³/mol. The lowest BCUT2D eigenvalue weighted by atomic mass is 10.0. The summed E-state index contributed by atoms with van der Waals surface area (Å²) in [5, 5.41) is 1.44. The third-order valence-corrected chi connectivity index (χ3v) is 7.62. The van der Waals surface area contributed by atoms with Gasteiger partial charge in [0.15, 0.2) is 5.49 Å². The molecular weight excluding hydrogens is 456 g/mol. The number of aromatic nitrogens is 1. The molecule has 0 bridgehead atoms. The van der Waals surface area contributed by atoms with Gasteiger partial charge in [-0.05, 0) is 66.6 Å². The SMILES string of the molecule is COc1ccc(-c2ccc3c(c2)c2c(n3S(=O)(=O)c3ccccc3)=NC=CC(C)(Cl)C=2)cc1. The minimum absolute atomic E-state index is 0.195. The molecule has 0 radical (unpaired) electrons. The Balaban J connectivity index is 1.85. The van der Waals surface area contributed by atoms with Crippen molar-refractivity contribution >= 4 is 38.6 Å². The average Bonchev–Trinajstić information content (AvgIpc) is 3.02. The maximum Gasteiger partial charge on any atom is 0.269 e. The lowest BCUT2D eigenvalue weighted by molar-refractivity contribution is 0.415. The topological polar surface area (TPSA) is 60.7 Å². The van der Waals surface area contributed by atoms with Gasteiger partial charge in [-0.25, -0.2) is 17.4 Å². The maximum absolute atomic E-state index is 13.7. The van der Waals surface area contributed by atoms with Crippen molar-refractivity contribution in [2.75, 3.05) is 7.11 Å². The summed E-state index contributed by atoms with van der Waals surface area (Å²) in [6, 6.07) is 21.8. The number of halogens is 1. The van der Waals surface area contributed by atoms with Crippen LogP contribution in [0.25, 0.3) is 28.1 Å². The van der Waals surface area contributed by atoms with Crippen molar-refractivity contribution < 1.29 is 13.2 Å². The molecule has 0 amide bonds. The fraction of sp³-hybridized carbons (Fsp3) is 0.115. The number of benzene rings is 3. The molecule has 7 heteroatoms. The summed E-state index contributed by atoms with van der Waals surface area (Å²) < 4.78 is 34.0. The molecule has 0 saturated carbocycles. The van der Waals surface area contributed by atoms with Crippen LogP contribution in [-0.4, -0.2) is 24.4 Å². The van der Waals surface area contributed by atoms with E-state index in [2.05, 4.69) is 4.99 Å². The van der Waals surface area contributed by atoms with Gasteiger partial charge in [-0.2, -0.15) is 0 Å². The monoisotopic (exact) mass is 476 g/mol. The summed E-state index contributed by atoms with van der Waals surface area (Å²) in [4.78, 5) is 3.90. The Hall–Kier alpha value is -3.35. The van der Waals surface area contributed by atoms with Gasteiger partial charge in [-0.3, -0.25) is 0 Å². The highest BCUT2D eigenvalue weighted by Gasteiger charge is 2.25. The number of allylic oxidation sites excluding steroid dienone is 1. The second-order valence-electron chi connectivity index (χ2n) is 8.02. The van der Waals surface area contributed by atoms with Crippen molar-refractivity contribution in [3.8, 4) is 16.9 Å². The molecule has 166 valence electrons. The highest BCUT2D eigenvalue weighted by atomic mass is 35.5. The first-order valence-electron chi connectivity index (χ1n) is 10.4. The quantitative estimate of drug-likeness (QED) is 0.408. The molecule has 0 aliphatic carbocycles. The second kappa shape index (κ2) is 7.90. The van der Waals surface area contributed by atoms with Gasteiger partial charge in [0.2, 0.25) is 0 Å². The number of hydrogen-bond acceptors (Lipinski definition) is 4. The van der Waals surface area contributed by atoms with Crippen molar-refractivity contribution in [1.29, 1.82) is 0 Å². The molecule has 33 heavy (non-hydrogen) atoms. The number of ether oxygens (including phenoxy) is 1. The summed E-state index contributed by atoms with van der Waals surface area (Å²) in [6.45, 7) is 1.85. The van der Waals surface area contributed by atoms with E-state index in [1.807, 2.05) is 55.5 Å².